The molecular weight excluding hydrogens is 362 g/mol. The van der Waals surface area contributed by atoms with Crippen molar-refractivity contribution in [1.29, 1.82) is 0 Å². The first kappa shape index (κ1) is 17.5. The van der Waals surface area contributed by atoms with Gasteiger partial charge in [0.2, 0.25) is 5.91 Å². The van der Waals surface area contributed by atoms with E-state index in [9.17, 15) is 9.59 Å². The number of carbonyl (C=O) groups is 2. The lowest BCUT2D eigenvalue weighted by Gasteiger charge is -2.18. The average Bonchev–Trinajstić information content (AvgIpc) is 2.75. The number of nitrogens with zero attached hydrogens (tertiary/aromatic N) is 2. The second-order valence-corrected chi connectivity index (χ2v) is 7.08. The number of pyridine rings is 1. The SMILES string of the molecule is CCOC(=O)Cc1nc2ccc(Br)cn2c1NC(=O)C(C)(C)C. The summed E-state index contributed by atoms with van der Waals surface area (Å²) in [6.45, 7) is 7.54. The molecule has 0 aliphatic heterocycles. The highest BCUT2D eigenvalue weighted by atomic mass is 79.9. The van der Waals surface area contributed by atoms with E-state index < -0.39 is 5.41 Å². The van der Waals surface area contributed by atoms with Crippen molar-refractivity contribution in [3.8, 4) is 0 Å². The number of esters is 1. The third-order valence-corrected chi connectivity index (χ3v) is 3.65. The zero-order valence-corrected chi connectivity index (χ0v) is 15.2. The number of carbonyl (C=O) groups excluding carboxylic acids is 2. The standard InChI is InChI=1S/C16H20BrN3O3/c1-5-23-13(21)8-11-14(19-15(22)16(2,3)4)20-9-10(17)6-7-12(20)18-11/h6-7,9H,5,8H2,1-4H3,(H,19,22). The summed E-state index contributed by atoms with van der Waals surface area (Å²) in [5.41, 5.74) is 0.577. The topological polar surface area (TPSA) is 72.7 Å². The van der Waals surface area contributed by atoms with Crippen LogP contribution in [-0.2, 0) is 20.7 Å². The fourth-order valence-electron chi connectivity index (χ4n) is 1.97. The minimum Gasteiger partial charge on any atom is -0.466 e. The van der Waals surface area contributed by atoms with E-state index in [-0.39, 0.29) is 18.3 Å². The summed E-state index contributed by atoms with van der Waals surface area (Å²) in [4.78, 5) is 28.6. The number of hydrogen-bond acceptors (Lipinski definition) is 4. The molecule has 0 atom stereocenters. The van der Waals surface area contributed by atoms with Crippen LogP contribution in [0, 0.1) is 5.41 Å². The summed E-state index contributed by atoms with van der Waals surface area (Å²) < 4.78 is 7.58. The van der Waals surface area contributed by atoms with E-state index in [1.54, 1.807) is 17.5 Å². The molecule has 6 nitrogen and oxygen atoms in total. The van der Waals surface area contributed by atoms with Gasteiger partial charge in [0.15, 0.2) is 0 Å². The molecule has 0 radical (unpaired) electrons. The Balaban J connectivity index is 2.46. The van der Waals surface area contributed by atoms with E-state index in [0.29, 0.717) is 23.8 Å². The van der Waals surface area contributed by atoms with Crippen molar-refractivity contribution in [3.05, 3.63) is 28.5 Å². The third-order valence-electron chi connectivity index (χ3n) is 3.18. The number of imidazole rings is 1. The Bertz CT molecular complexity index is 747. The molecule has 0 bridgehead atoms. The van der Waals surface area contributed by atoms with Crippen LogP contribution >= 0.6 is 15.9 Å². The van der Waals surface area contributed by atoms with Crippen LogP contribution in [0.15, 0.2) is 22.8 Å². The molecule has 1 N–H and O–H groups in total. The smallest absolute Gasteiger partial charge is 0.312 e. The van der Waals surface area contributed by atoms with Gasteiger partial charge in [0, 0.05) is 16.1 Å². The number of halogens is 1. The van der Waals surface area contributed by atoms with Crippen LogP contribution in [-0.4, -0.2) is 27.9 Å². The van der Waals surface area contributed by atoms with Gasteiger partial charge in [-0.05, 0) is 35.0 Å². The normalized spacial score (nSPS) is 11.5. The minimum atomic E-state index is -0.558. The maximum atomic E-state index is 12.3. The van der Waals surface area contributed by atoms with Crippen LogP contribution in [0.5, 0.6) is 0 Å². The van der Waals surface area contributed by atoms with Gasteiger partial charge in [-0.1, -0.05) is 20.8 Å². The molecule has 2 aromatic heterocycles. The summed E-state index contributed by atoms with van der Waals surface area (Å²) in [6, 6.07) is 3.66. The zero-order chi connectivity index (χ0) is 17.2. The molecule has 2 heterocycles. The highest BCUT2D eigenvalue weighted by molar-refractivity contribution is 9.10. The van der Waals surface area contributed by atoms with Crippen LogP contribution in [0.25, 0.3) is 5.65 Å². The first-order valence-corrected chi connectivity index (χ1v) is 8.15. The van der Waals surface area contributed by atoms with Crippen LogP contribution < -0.4 is 5.32 Å². The fraction of sp³-hybridized carbons (Fsp3) is 0.438. The number of anilines is 1. The molecule has 124 valence electrons. The number of aromatic nitrogens is 2. The molecule has 0 aromatic carbocycles. The first-order chi connectivity index (χ1) is 10.7. The summed E-state index contributed by atoms with van der Waals surface area (Å²) in [7, 11) is 0. The quantitative estimate of drug-likeness (QED) is 0.825. The number of hydrogen-bond donors (Lipinski definition) is 1. The van der Waals surface area contributed by atoms with Crippen molar-refractivity contribution >= 4 is 39.3 Å². The summed E-state index contributed by atoms with van der Waals surface area (Å²) in [5.74, 6) is -0.0279. The Hall–Kier alpha value is -1.89. The van der Waals surface area contributed by atoms with Crippen molar-refractivity contribution in [1.82, 2.24) is 9.38 Å². The molecule has 0 fully saturated rings. The molecule has 0 aliphatic carbocycles. The second kappa shape index (κ2) is 6.70. The molecule has 23 heavy (non-hydrogen) atoms. The maximum absolute atomic E-state index is 12.3. The van der Waals surface area contributed by atoms with Crippen molar-refractivity contribution in [3.63, 3.8) is 0 Å². The van der Waals surface area contributed by atoms with Crippen LogP contribution in [0.1, 0.15) is 33.4 Å². The van der Waals surface area contributed by atoms with Crippen LogP contribution in [0.3, 0.4) is 0 Å². The Morgan fingerprint density at radius 1 is 1.35 bits per heavy atom. The summed E-state index contributed by atoms with van der Waals surface area (Å²) in [6.07, 6.45) is 1.81. The van der Waals surface area contributed by atoms with E-state index in [1.807, 2.05) is 32.9 Å². The van der Waals surface area contributed by atoms with Crippen LogP contribution in [0.2, 0.25) is 0 Å². The lowest BCUT2D eigenvalue weighted by molar-refractivity contribution is -0.142. The van der Waals surface area contributed by atoms with Gasteiger partial charge in [-0.2, -0.15) is 0 Å². The molecule has 7 heteroatoms. The summed E-state index contributed by atoms with van der Waals surface area (Å²) >= 11 is 3.40. The van der Waals surface area contributed by atoms with Crippen molar-refractivity contribution in [2.75, 3.05) is 11.9 Å². The molecule has 0 aliphatic rings. The van der Waals surface area contributed by atoms with Gasteiger partial charge in [-0.25, -0.2) is 4.98 Å². The minimum absolute atomic E-state index is 0.00684. The van der Waals surface area contributed by atoms with Gasteiger partial charge in [-0.3, -0.25) is 14.0 Å². The Morgan fingerprint density at radius 2 is 2.04 bits per heavy atom. The molecule has 1 amide bonds. The average molecular weight is 382 g/mol. The number of nitrogens with one attached hydrogen (secondary N) is 1. The lowest BCUT2D eigenvalue weighted by Crippen LogP contribution is -2.28. The Morgan fingerprint density at radius 3 is 2.65 bits per heavy atom. The van der Waals surface area contributed by atoms with Crippen LogP contribution in [0.4, 0.5) is 5.82 Å². The highest BCUT2D eigenvalue weighted by Crippen LogP contribution is 2.24. The van der Waals surface area contributed by atoms with Gasteiger partial charge < -0.3 is 10.1 Å². The highest BCUT2D eigenvalue weighted by Gasteiger charge is 2.25. The van der Waals surface area contributed by atoms with Gasteiger partial charge in [0.1, 0.15) is 11.5 Å². The molecule has 2 rings (SSSR count). The fourth-order valence-corrected chi connectivity index (χ4v) is 2.30. The third kappa shape index (κ3) is 4.10. The van der Waals surface area contributed by atoms with Crippen molar-refractivity contribution in [2.24, 2.45) is 5.41 Å². The Labute approximate surface area is 143 Å². The lowest BCUT2D eigenvalue weighted by atomic mass is 9.96. The molecular formula is C16H20BrN3O3. The van der Waals surface area contributed by atoms with E-state index in [0.717, 1.165) is 4.47 Å². The van der Waals surface area contributed by atoms with Gasteiger partial charge in [0.25, 0.3) is 0 Å². The van der Waals surface area contributed by atoms with E-state index >= 15 is 0 Å². The largest absolute Gasteiger partial charge is 0.466 e. The first-order valence-electron chi connectivity index (χ1n) is 7.36. The molecule has 0 unspecified atom stereocenters. The zero-order valence-electron chi connectivity index (χ0n) is 13.6. The maximum Gasteiger partial charge on any atom is 0.312 e. The second-order valence-electron chi connectivity index (χ2n) is 6.17. The van der Waals surface area contributed by atoms with Gasteiger partial charge in [0.05, 0.1) is 18.7 Å². The van der Waals surface area contributed by atoms with E-state index in [4.69, 9.17) is 4.74 Å². The molecule has 0 spiro atoms. The number of rotatable bonds is 4. The summed E-state index contributed by atoms with van der Waals surface area (Å²) in [5, 5.41) is 2.88. The van der Waals surface area contributed by atoms with Crippen molar-refractivity contribution in [2.45, 2.75) is 34.1 Å². The molecule has 0 saturated carbocycles. The van der Waals surface area contributed by atoms with E-state index in [1.165, 1.54) is 0 Å². The predicted molar refractivity (Wildman–Crippen MR) is 91.3 cm³/mol. The number of fused-ring (bicyclic) bond motifs is 1. The van der Waals surface area contributed by atoms with Gasteiger partial charge in [-0.15, -0.1) is 0 Å². The van der Waals surface area contributed by atoms with E-state index in [2.05, 4.69) is 26.2 Å². The molecule has 2 aromatic rings. The monoisotopic (exact) mass is 381 g/mol. The number of amides is 1. The Kier molecular flexibility index (Phi) is 5.09. The predicted octanol–water partition coefficient (Wildman–Crippen LogP) is 3.19. The molecule has 0 saturated heterocycles. The van der Waals surface area contributed by atoms with Gasteiger partial charge >= 0.3 is 5.97 Å². The number of ether oxygens (including phenoxy) is 1. The van der Waals surface area contributed by atoms with Crippen molar-refractivity contribution < 1.29 is 14.3 Å².